The van der Waals surface area contributed by atoms with Crippen LogP contribution in [-0.2, 0) is 9.53 Å². The van der Waals surface area contributed by atoms with Gasteiger partial charge in [0.2, 0.25) is 0 Å². The van der Waals surface area contributed by atoms with Gasteiger partial charge in [-0.1, -0.05) is 13.8 Å². The molecule has 0 saturated carbocycles. The summed E-state index contributed by atoms with van der Waals surface area (Å²) >= 11 is 0. The molecule has 1 heterocycles. The minimum atomic E-state index is -1.62. The van der Waals surface area contributed by atoms with E-state index < -0.39 is 30.3 Å². The third-order valence-electron chi connectivity index (χ3n) is 2.14. The van der Waals surface area contributed by atoms with Crippen LogP contribution in [0.1, 0.15) is 13.8 Å². The molecule has 0 aliphatic carbocycles. The van der Waals surface area contributed by atoms with E-state index in [1.807, 2.05) is 0 Å². The van der Waals surface area contributed by atoms with E-state index in [-0.39, 0.29) is 10.8 Å². The number of ether oxygens (including phenoxy) is 1. The zero-order valence-corrected chi connectivity index (χ0v) is 8.21. The number of hydrogen-bond donors (Lipinski definition) is 2. The van der Waals surface area contributed by atoms with Gasteiger partial charge in [-0.2, -0.15) is 4.90 Å². The summed E-state index contributed by atoms with van der Waals surface area (Å²) in [5.41, 5.74) is 0. The number of amides is 2. The average Bonchev–Trinajstić information content (AvgIpc) is 2.42. The van der Waals surface area contributed by atoms with Gasteiger partial charge in [0, 0.05) is 0 Å². The van der Waals surface area contributed by atoms with Crippen molar-refractivity contribution in [3.63, 3.8) is 0 Å². The standard InChI is InChI=1S/C8H11NO6/c1-3(2)5-4(6(10)11)9(7(12)13)8(14)15-5/h3-5H,1-2H3,(H,10,11)(H,12,13). The van der Waals surface area contributed by atoms with Gasteiger partial charge in [-0.3, -0.25) is 0 Å². The normalized spacial score (nSPS) is 25.5. The first-order chi connectivity index (χ1) is 6.86. The first-order valence-electron chi connectivity index (χ1n) is 4.31. The number of cyclic esters (lactones) is 1. The van der Waals surface area contributed by atoms with Crippen LogP contribution in [0.2, 0.25) is 0 Å². The average molecular weight is 217 g/mol. The summed E-state index contributed by atoms with van der Waals surface area (Å²) in [7, 11) is 0. The van der Waals surface area contributed by atoms with Crippen LogP contribution in [0.4, 0.5) is 9.59 Å². The summed E-state index contributed by atoms with van der Waals surface area (Å²) in [6.45, 7) is 3.30. The zero-order valence-electron chi connectivity index (χ0n) is 8.21. The van der Waals surface area contributed by atoms with E-state index in [0.29, 0.717) is 0 Å². The second-order valence-corrected chi connectivity index (χ2v) is 3.53. The van der Waals surface area contributed by atoms with E-state index in [1.54, 1.807) is 13.8 Å². The number of carbonyl (C=O) groups excluding carboxylic acids is 1. The highest BCUT2D eigenvalue weighted by Gasteiger charge is 2.51. The van der Waals surface area contributed by atoms with Crippen molar-refractivity contribution in [1.82, 2.24) is 4.90 Å². The molecule has 2 amide bonds. The Morgan fingerprint density at radius 2 is 1.93 bits per heavy atom. The van der Waals surface area contributed by atoms with Crippen molar-refractivity contribution in [3.05, 3.63) is 0 Å². The van der Waals surface area contributed by atoms with Crippen molar-refractivity contribution in [2.75, 3.05) is 0 Å². The van der Waals surface area contributed by atoms with E-state index in [4.69, 9.17) is 14.9 Å². The van der Waals surface area contributed by atoms with E-state index >= 15 is 0 Å². The number of hydrogen-bond acceptors (Lipinski definition) is 4. The molecule has 7 heteroatoms. The first-order valence-corrected chi connectivity index (χ1v) is 4.31. The van der Waals surface area contributed by atoms with Crippen molar-refractivity contribution in [1.29, 1.82) is 0 Å². The maximum Gasteiger partial charge on any atom is 0.420 e. The van der Waals surface area contributed by atoms with Crippen LogP contribution in [-0.4, -0.2) is 45.4 Å². The van der Waals surface area contributed by atoms with Crippen LogP contribution < -0.4 is 0 Å². The quantitative estimate of drug-likeness (QED) is 0.701. The van der Waals surface area contributed by atoms with Crippen LogP contribution in [0.5, 0.6) is 0 Å². The second-order valence-electron chi connectivity index (χ2n) is 3.53. The lowest BCUT2D eigenvalue weighted by atomic mass is 10.00. The van der Waals surface area contributed by atoms with Crippen molar-refractivity contribution >= 4 is 18.2 Å². The molecule has 1 saturated heterocycles. The molecule has 15 heavy (non-hydrogen) atoms. The van der Waals surface area contributed by atoms with Crippen molar-refractivity contribution < 1.29 is 29.3 Å². The Morgan fingerprint density at radius 1 is 1.40 bits per heavy atom. The van der Waals surface area contributed by atoms with Crippen LogP contribution in [0.25, 0.3) is 0 Å². The summed E-state index contributed by atoms with van der Waals surface area (Å²) in [5, 5.41) is 17.5. The lowest BCUT2D eigenvalue weighted by Gasteiger charge is -2.19. The molecule has 2 N–H and O–H groups in total. The fraction of sp³-hybridized carbons (Fsp3) is 0.625. The van der Waals surface area contributed by atoms with Gasteiger partial charge in [0.1, 0.15) is 6.10 Å². The van der Waals surface area contributed by atoms with E-state index in [2.05, 4.69) is 0 Å². The lowest BCUT2D eigenvalue weighted by molar-refractivity contribution is -0.143. The van der Waals surface area contributed by atoms with Crippen LogP contribution in [0, 0.1) is 5.92 Å². The molecule has 0 bridgehead atoms. The fourth-order valence-electron chi connectivity index (χ4n) is 1.45. The maximum atomic E-state index is 11.1. The molecule has 2 unspecified atom stereocenters. The molecule has 7 nitrogen and oxygen atoms in total. The molecular weight excluding hydrogens is 206 g/mol. The van der Waals surface area contributed by atoms with Gasteiger partial charge < -0.3 is 14.9 Å². The minimum absolute atomic E-state index is 0.201. The zero-order chi connectivity index (χ0) is 11.7. The van der Waals surface area contributed by atoms with E-state index in [0.717, 1.165) is 0 Å². The fourth-order valence-corrected chi connectivity index (χ4v) is 1.45. The third kappa shape index (κ3) is 1.85. The molecule has 0 aromatic carbocycles. The molecule has 1 fully saturated rings. The van der Waals surface area contributed by atoms with Crippen LogP contribution in [0.15, 0.2) is 0 Å². The van der Waals surface area contributed by atoms with Gasteiger partial charge in [0.05, 0.1) is 0 Å². The van der Waals surface area contributed by atoms with Gasteiger partial charge in [-0.05, 0) is 5.92 Å². The Balaban J connectivity index is 3.03. The first kappa shape index (κ1) is 11.3. The Kier molecular flexibility index (Phi) is 2.83. The molecule has 0 radical (unpaired) electrons. The molecule has 1 rings (SSSR count). The molecule has 0 aromatic rings. The van der Waals surface area contributed by atoms with Crippen LogP contribution in [0.3, 0.4) is 0 Å². The summed E-state index contributed by atoms with van der Waals surface area (Å²) in [5.74, 6) is -1.65. The third-order valence-corrected chi connectivity index (χ3v) is 2.14. The molecule has 84 valence electrons. The monoisotopic (exact) mass is 217 g/mol. The topological polar surface area (TPSA) is 104 Å². The summed E-state index contributed by atoms with van der Waals surface area (Å²) in [4.78, 5) is 32.8. The summed E-state index contributed by atoms with van der Waals surface area (Å²) in [6.07, 6.45) is -3.68. The largest absolute Gasteiger partial charge is 0.480 e. The predicted molar refractivity (Wildman–Crippen MR) is 46.4 cm³/mol. The number of imide groups is 1. The smallest absolute Gasteiger partial charge is 0.420 e. The molecule has 1 aliphatic heterocycles. The van der Waals surface area contributed by atoms with Gasteiger partial charge in [-0.25, -0.2) is 14.4 Å². The number of carbonyl (C=O) groups is 3. The molecule has 0 spiro atoms. The summed E-state index contributed by atoms with van der Waals surface area (Å²) in [6, 6.07) is -1.46. The van der Waals surface area contributed by atoms with Crippen molar-refractivity contribution in [3.8, 4) is 0 Å². The Bertz CT molecular complexity index is 312. The molecular formula is C8H11NO6. The van der Waals surface area contributed by atoms with Crippen LogP contribution >= 0.6 is 0 Å². The van der Waals surface area contributed by atoms with E-state index in [9.17, 15) is 14.4 Å². The minimum Gasteiger partial charge on any atom is -0.480 e. The van der Waals surface area contributed by atoms with Crippen molar-refractivity contribution in [2.45, 2.75) is 26.0 Å². The number of aliphatic carboxylic acids is 1. The number of rotatable bonds is 2. The maximum absolute atomic E-state index is 11.1. The highest BCUT2D eigenvalue weighted by molar-refractivity contribution is 5.95. The van der Waals surface area contributed by atoms with E-state index in [1.165, 1.54) is 0 Å². The van der Waals surface area contributed by atoms with Crippen molar-refractivity contribution in [2.24, 2.45) is 5.92 Å². The Hall–Kier alpha value is -1.79. The number of carboxylic acids is 1. The second kappa shape index (κ2) is 3.76. The summed E-state index contributed by atoms with van der Waals surface area (Å²) < 4.78 is 4.70. The molecule has 2 atom stereocenters. The Morgan fingerprint density at radius 3 is 2.27 bits per heavy atom. The SMILES string of the molecule is CC(C)C1OC(=O)N(C(=O)O)C1C(=O)O. The number of nitrogens with zero attached hydrogens (tertiary/aromatic N) is 1. The highest BCUT2D eigenvalue weighted by Crippen LogP contribution is 2.25. The number of carboxylic acid groups (broad SMARTS) is 2. The molecule has 0 aromatic heterocycles. The lowest BCUT2D eigenvalue weighted by Crippen LogP contribution is -2.46. The highest BCUT2D eigenvalue weighted by atomic mass is 16.6. The molecule has 1 aliphatic rings. The van der Waals surface area contributed by atoms with Gasteiger partial charge in [0.15, 0.2) is 6.04 Å². The van der Waals surface area contributed by atoms with Gasteiger partial charge in [0.25, 0.3) is 0 Å². The van der Waals surface area contributed by atoms with Gasteiger partial charge >= 0.3 is 18.2 Å². The predicted octanol–water partition coefficient (Wildman–Crippen LogP) is 0.594. The van der Waals surface area contributed by atoms with Gasteiger partial charge in [-0.15, -0.1) is 0 Å². The Labute approximate surface area is 85.2 Å².